The molecule has 0 unspecified atom stereocenters. The van der Waals surface area contributed by atoms with Crippen LogP contribution in [0.3, 0.4) is 0 Å². The first-order chi connectivity index (χ1) is 16.6. The van der Waals surface area contributed by atoms with E-state index in [1.165, 1.54) is 29.7 Å². The van der Waals surface area contributed by atoms with E-state index in [1.54, 1.807) is 0 Å². The average Bonchev–Trinajstić information content (AvgIpc) is 3.35. The third kappa shape index (κ3) is 4.62. The predicted molar refractivity (Wildman–Crippen MR) is 107 cm³/mol. The molecule has 0 saturated carbocycles. The lowest BCUT2D eigenvalue weighted by molar-refractivity contribution is -0.143. The maximum Gasteiger partial charge on any atom is 0.418 e. The molecule has 13 heteroatoms. The number of aromatic nitrogens is 2. The number of benzene rings is 2. The summed E-state index contributed by atoms with van der Waals surface area (Å²) in [6.45, 7) is 1.29. The Hall–Kier alpha value is -3.95. The van der Waals surface area contributed by atoms with Gasteiger partial charge in [0.2, 0.25) is 0 Å². The highest BCUT2D eigenvalue weighted by molar-refractivity contribution is 5.87. The quantitative estimate of drug-likeness (QED) is 0.263. The van der Waals surface area contributed by atoms with Gasteiger partial charge in [0.05, 0.1) is 34.9 Å². The van der Waals surface area contributed by atoms with Crippen molar-refractivity contribution in [2.45, 2.75) is 32.0 Å². The van der Waals surface area contributed by atoms with Crippen LogP contribution in [0, 0.1) is 18.3 Å². The van der Waals surface area contributed by atoms with Crippen molar-refractivity contribution in [1.29, 1.82) is 5.26 Å². The van der Waals surface area contributed by atoms with Gasteiger partial charge in [-0.05, 0) is 43.3 Å². The Morgan fingerprint density at radius 3 is 2.00 bits per heavy atom. The van der Waals surface area contributed by atoms with E-state index in [-0.39, 0.29) is 29.2 Å². The highest BCUT2D eigenvalue weighted by atomic mass is 19.4. The topological polar surface area (TPSA) is 54.8 Å². The number of hydrogen-bond donors (Lipinski definition) is 0. The molecule has 188 valence electrons. The van der Waals surface area contributed by atoms with E-state index >= 15 is 0 Å². The number of fused-ring (bicyclic) bond motifs is 1. The van der Waals surface area contributed by atoms with Crippen molar-refractivity contribution in [3.8, 4) is 17.4 Å². The maximum absolute atomic E-state index is 13.6. The standard InChI is InChI=1S/C23H12F9N3O/c1-11-4-17-18(3-2-12(9-33)20(17)23(30,31)32)35(11)10-16-8-19(36-34-16)13-5-14(21(24,25)26)7-15(6-13)22(27,28)29/h2-8H,10H2,1H3. The Bertz CT molecular complexity index is 1470. The van der Waals surface area contributed by atoms with E-state index in [2.05, 4.69) is 5.16 Å². The van der Waals surface area contributed by atoms with Gasteiger partial charge in [-0.1, -0.05) is 5.16 Å². The number of nitriles is 1. The number of hydrogen-bond acceptors (Lipinski definition) is 3. The lowest BCUT2D eigenvalue weighted by atomic mass is 10.0. The second-order valence-corrected chi connectivity index (χ2v) is 7.88. The van der Waals surface area contributed by atoms with Crippen molar-refractivity contribution >= 4 is 10.9 Å². The third-order valence-electron chi connectivity index (χ3n) is 5.45. The van der Waals surface area contributed by atoms with Crippen LogP contribution in [0.5, 0.6) is 0 Å². The number of alkyl halides is 9. The molecule has 2 aromatic heterocycles. The molecule has 0 aliphatic carbocycles. The lowest BCUT2D eigenvalue weighted by Gasteiger charge is -2.13. The summed E-state index contributed by atoms with van der Waals surface area (Å²) < 4.78 is 126. The number of rotatable bonds is 3. The van der Waals surface area contributed by atoms with E-state index < -0.39 is 52.1 Å². The van der Waals surface area contributed by atoms with Crippen LogP contribution < -0.4 is 0 Å². The molecule has 0 aliphatic rings. The van der Waals surface area contributed by atoms with Gasteiger partial charge >= 0.3 is 18.5 Å². The van der Waals surface area contributed by atoms with E-state index in [1.807, 2.05) is 0 Å². The average molecular weight is 517 g/mol. The predicted octanol–water partition coefficient (Wildman–Crippen LogP) is 7.58. The largest absolute Gasteiger partial charge is 0.418 e. The van der Waals surface area contributed by atoms with Crippen LogP contribution >= 0.6 is 0 Å². The first kappa shape index (κ1) is 25.2. The summed E-state index contributed by atoms with van der Waals surface area (Å²) in [5.41, 5.74) is -4.81. The van der Waals surface area contributed by atoms with E-state index in [0.29, 0.717) is 17.8 Å². The molecule has 4 rings (SSSR count). The van der Waals surface area contributed by atoms with Gasteiger partial charge in [0.15, 0.2) is 5.76 Å². The monoisotopic (exact) mass is 517 g/mol. The second-order valence-electron chi connectivity index (χ2n) is 7.88. The molecule has 0 atom stereocenters. The van der Waals surface area contributed by atoms with E-state index in [9.17, 15) is 39.5 Å². The SMILES string of the molecule is Cc1cc2c(C(F)(F)F)c(C#N)ccc2n1Cc1cc(-c2cc(C(F)(F)F)cc(C(F)(F)F)c2)on1. The van der Waals surface area contributed by atoms with Gasteiger partial charge in [0.1, 0.15) is 5.69 Å². The molecule has 0 saturated heterocycles. The molecule has 0 aliphatic heterocycles. The Kier molecular flexibility index (Phi) is 5.81. The smallest absolute Gasteiger partial charge is 0.356 e. The van der Waals surface area contributed by atoms with Crippen molar-refractivity contribution < 1.29 is 44.0 Å². The summed E-state index contributed by atoms with van der Waals surface area (Å²) >= 11 is 0. The summed E-state index contributed by atoms with van der Waals surface area (Å²) in [5.74, 6) is -0.390. The number of halogens is 9. The zero-order chi connectivity index (χ0) is 26.6. The van der Waals surface area contributed by atoms with E-state index in [0.717, 1.165) is 12.1 Å². The van der Waals surface area contributed by atoms with Crippen LogP contribution in [0.15, 0.2) is 47.0 Å². The summed E-state index contributed by atoms with van der Waals surface area (Å²) in [6, 6.07) is 7.09. The van der Waals surface area contributed by atoms with Crippen LogP contribution in [-0.4, -0.2) is 9.72 Å². The molecule has 0 amide bonds. The highest BCUT2D eigenvalue weighted by Gasteiger charge is 2.38. The van der Waals surface area contributed by atoms with Gasteiger partial charge in [-0.15, -0.1) is 0 Å². The highest BCUT2D eigenvalue weighted by Crippen LogP contribution is 2.40. The Balaban J connectivity index is 1.77. The minimum Gasteiger partial charge on any atom is -0.356 e. The number of aryl methyl sites for hydroxylation is 1. The van der Waals surface area contributed by atoms with Crippen LogP contribution in [0.25, 0.3) is 22.2 Å². The maximum atomic E-state index is 13.6. The molecular weight excluding hydrogens is 505 g/mol. The third-order valence-corrected chi connectivity index (χ3v) is 5.45. The van der Waals surface area contributed by atoms with Crippen molar-refractivity contribution in [2.24, 2.45) is 0 Å². The van der Waals surface area contributed by atoms with Gasteiger partial charge in [0, 0.05) is 28.2 Å². The molecule has 4 aromatic rings. The summed E-state index contributed by atoms with van der Waals surface area (Å²) in [5, 5.41) is 12.5. The molecular formula is C23H12F9N3O. The van der Waals surface area contributed by atoms with Gasteiger partial charge in [-0.3, -0.25) is 0 Å². The molecule has 0 radical (unpaired) electrons. The van der Waals surface area contributed by atoms with Gasteiger partial charge in [0.25, 0.3) is 0 Å². The Labute approximate surface area is 196 Å². The molecule has 0 fully saturated rings. The molecule has 2 aromatic carbocycles. The van der Waals surface area contributed by atoms with Crippen LogP contribution in [-0.2, 0) is 25.1 Å². The molecule has 2 heterocycles. The first-order valence-corrected chi connectivity index (χ1v) is 9.95. The fourth-order valence-electron chi connectivity index (χ4n) is 3.86. The molecule has 4 nitrogen and oxygen atoms in total. The van der Waals surface area contributed by atoms with E-state index in [4.69, 9.17) is 9.78 Å². The summed E-state index contributed by atoms with van der Waals surface area (Å²) in [7, 11) is 0. The zero-order valence-electron chi connectivity index (χ0n) is 17.9. The fourth-order valence-corrected chi connectivity index (χ4v) is 3.86. The van der Waals surface area contributed by atoms with Gasteiger partial charge in [-0.25, -0.2) is 0 Å². The van der Waals surface area contributed by atoms with Crippen molar-refractivity contribution in [3.05, 3.63) is 76.1 Å². The Morgan fingerprint density at radius 1 is 0.861 bits per heavy atom. The number of nitrogens with zero attached hydrogens (tertiary/aromatic N) is 3. The minimum atomic E-state index is -5.06. The molecule has 0 spiro atoms. The fraction of sp³-hybridized carbons (Fsp3) is 0.217. The van der Waals surface area contributed by atoms with Crippen LogP contribution in [0.2, 0.25) is 0 Å². The van der Waals surface area contributed by atoms with Gasteiger partial charge in [-0.2, -0.15) is 44.8 Å². The zero-order valence-corrected chi connectivity index (χ0v) is 17.9. The summed E-state index contributed by atoms with van der Waals surface area (Å²) in [4.78, 5) is 0. The van der Waals surface area contributed by atoms with Crippen LogP contribution in [0.1, 0.15) is 33.6 Å². The minimum absolute atomic E-state index is 0.0240. The summed E-state index contributed by atoms with van der Waals surface area (Å²) in [6.07, 6.45) is -14.9. The molecule has 36 heavy (non-hydrogen) atoms. The lowest BCUT2D eigenvalue weighted by Crippen LogP contribution is -2.11. The molecule has 0 bridgehead atoms. The second kappa shape index (κ2) is 8.32. The molecule has 0 N–H and O–H groups in total. The van der Waals surface area contributed by atoms with Gasteiger partial charge < -0.3 is 9.09 Å². The van der Waals surface area contributed by atoms with Crippen molar-refractivity contribution in [1.82, 2.24) is 9.72 Å². The first-order valence-electron chi connectivity index (χ1n) is 9.95. The van der Waals surface area contributed by atoms with Crippen molar-refractivity contribution in [3.63, 3.8) is 0 Å². The van der Waals surface area contributed by atoms with Crippen molar-refractivity contribution in [2.75, 3.05) is 0 Å². The van der Waals surface area contributed by atoms with Crippen LogP contribution in [0.4, 0.5) is 39.5 Å². The normalized spacial score (nSPS) is 12.8. The Morgan fingerprint density at radius 2 is 1.47 bits per heavy atom.